The van der Waals surface area contributed by atoms with Gasteiger partial charge in [0.2, 0.25) is 0 Å². The largest absolute Gasteiger partial charge is 0.394 e. The van der Waals surface area contributed by atoms with Crippen LogP contribution in [0.3, 0.4) is 0 Å². The summed E-state index contributed by atoms with van der Waals surface area (Å²) in [5, 5.41) is 17.5. The summed E-state index contributed by atoms with van der Waals surface area (Å²) in [6.45, 7) is 2.95. The Bertz CT molecular complexity index is 173. The zero-order valence-electron chi connectivity index (χ0n) is 10.0. The summed E-state index contributed by atoms with van der Waals surface area (Å²) in [4.78, 5) is 0. The monoisotopic (exact) mass is 250 g/mol. The van der Waals surface area contributed by atoms with Crippen LogP contribution in [0.5, 0.6) is 0 Å². The SMILES string of the molecule is OCCOCCOCCOC(CO)C1CCO1. The van der Waals surface area contributed by atoms with Gasteiger partial charge in [0, 0.05) is 6.61 Å². The van der Waals surface area contributed by atoms with Gasteiger partial charge in [0.15, 0.2) is 0 Å². The van der Waals surface area contributed by atoms with E-state index in [0.717, 1.165) is 13.0 Å². The van der Waals surface area contributed by atoms with Gasteiger partial charge in [-0.1, -0.05) is 0 Å². The Kier molecular flexibility index (Phi) is 8.50. The molecular formula is C11H22O6. The van der Waals surface area contributed by atoms with Gasteiger partial charge in [0.05, 0.1) is 52.4 Å². The number of aliphatic hydroxyl groups is 2. The van der Waals surface area contributed by atoms with Crippen LogP contribution in [0.4, 0.5) is 0 Å². The molecule has 0 amide bonds. The highest BCUT2D eigenvalue weighted by molar-refractivity contribution is 4.76. The van der Waals surface area contributed by atoms with Crippen LogP contribution in [0.25, 0.3) is 0 Å². The Morgan fingerprint density at radius 2 is 1.71 bits per heavy atom. The average molecular weight is 250 g/mol. The minimum Gasteiger partial charge on any atom is -0.394 e. The van der Waals surface area contributed by atoms with Crippen LogP contribution in [0.2, 0.25) is 0 Å². The first-order valence-electron chi connectivity index (χ1n) is 5.99. The zero-order chi connectivity index (χ0) is 12.3. The Balaban J connectivity index is 1.85. The van der Waals surface area contributed by atoms with Crippen molar-refractivity contribution in [1.29, 1.82) is 0 Å². The molecule has 0 bridgehead atoms. The predicted octanol–water partition coefficient (Wildman–Crippen LogP) is -0.822. The van der Waals surface area contributed by atoms with Crippen molar-refractivity contribution in [3.63, 3.8) is 0 Å². The van der Waals surface area contributed by atoms with Gasteiger partial charge < -0.3 is 29.2 Å². The number of hydrogen-bond donors (Lipinski definition) is 2. The van der Waals surface area contributed by atoms with Crippen molar-refractivity contribution < 1.29 is 29.2 Å². The third-order valence-corrected chi connectivity index (χ3v) is 2.50. The molecule has 2 atom stereocenters. The molecule has 1 fully saturated rings. The van der Waals surface area contributed by atoms with Crippen molar-refractivity contribution >= 4 is 0 Å². The summed E-state index contributed by atoms with van der Waals surface area (Å²) >= 11 is 0. The lowest BCUT2D eigenvalue weighted by atomic mass is 10.1. The lowest BCUT2D eigenvalue weighted by molar-refractivity contribution is -0.154. The predicted molar refractivity (Wildman–Crippen MR) is 59.9 cm³/mol. The zero-order valence-corrected chi connectivity index (χ0v) is 10.0. The van der Waals surface area contributed by atoms with Crippen molar-refractivity contribution in [3.8, 4) is 0 Å². The van der Waals surface area contributed by atoms with Crippen molar-refractivity contribution in [3.05, 3.63) is 0 Å². The summed E-state index contributed by atoms with van der Waals surface area (Å²) in [7, 11) is 0. The van der Waals surface area contributed by atoms with E-state index in [-0.39, 0.29) is 25.4 Å². The molecule has 1 rings (SSSR count). The van der Waals surface area contributed by atoms with Crippen LogP contribution in [0.1, 0.15) is 6.42 Å². The normalized spacial score (nSPS) is 21.2. The second-order valence-corrected chi connectivity index (χ2v) is 3.74. The standard InChI is InChI=1S/C11H22O6/c12-2-4-14-5-6-15-7-8-17-11(9-13)10-1-3-16-10/h10-13H,1-9H2. The van der Waals surface area contributed by atoms with Crippen LogP contribution in [-0.2, 0) is 18.9 Å². The van der Waals surface area contributed by atoms with E-state index in [2.05, 4.69) is 0 Å². The molecule has 1 aliphatic rings. The summed E-state index contributed by atoms with van der Waals surface area (Å²) in [6, 6.07) is 0. The summed E-state index contributed by atoms with van der Waals surface area (Å²) in [5.74, 6) is 0. The molecule has 2 N–H and O–H groups in total. The molecule has 0 aromatic heterocycles. The van der Waals surface area contributed by atoms with E-state index in [1.54, 1.807) is 0 Å². The topological polar surface area (TPSA) is 77.4 Å². The molecule has 0 aromatic carbocycles. The van der Waals surface area contributed by atoms with E-state index in [1.807, 2.05) is 0 Å². The van der Waals surface area contributed by atoms with Crippen LogP contribution in [-0.4, -0.2) is 75.3 Å². The van der Waals surface area contributed by atoms with Gasteiger partial charge in [0.1, 0.15) is 6.10 Å². The first-order valence-corrected chi connectivity index (χ1v) is 5.99. The number of aliphatic hydroxyl groups excluding tert-OH is 2. The molecule has 0 aromatic rings. The maximum atomic E-state index is 9.07. The van der Waals surface area contributed by atoms with E-state index in [0.29, 0.717) is 33.0 Å². The maximum Gasteiger partial charge on any atom is 0.107 e. The second-order valence-electron chi connectivity index (χ2n) is 3.74. The number of ether oxygens (including phenoxy) is 4. The third kappa shape index (κ3) is 6.30. The van der Waals surface area contributed by atoms with Crippen LogP contribution < -0.4 is 0 Å². The molecule has 17 heavy (non-hydrogen) atoms. The maximum absolute atomic E-state index is 9.07. The molecule has 2 unspecified atom stereocenters. The van der Waals surface area contributed by atoms with Gasteiger partial charge >= 0.3 is 0 Å². The van der Waals surface area contributed by atoms with Gasteiger partial charge in [-0.2, -0.15) is 0 Å². The quantitative estimate of drug-likeness (QED) is 0.466. The van der Waals surface area contributed by atoms with Gasteiger partial charge in [-0.3, -0.25) is 0 Å². The van der Waals surface area contributed by atoms with E-state index in [1.165, 1.54) is 0 Å². The first-order chi connectivity index (χ1) is 8.38. The fraction of sp³-hybridized carbons (Fsp3) is 1.00. The van der Waals surface area contributed by atoms with Crippen molar-refractivity contribution in [2.45, 2.75) is 18.6 Å². The Hall–Kier alpha value is -0.240. The Labute approximate surface area is 101 Å². The highest BCUT2D eigenvalue weighted by Gasteiger charge is 2.28. The van der Waals surface area contributed by atoms with Crippen LogP contribution >= 0.6 is 0 Å². The van der Waals surface area contributed by atoms with Gasteiger partial charge in [-0.15, -0.1) is 0 Å². The lowest BCUT2D eigenvalue weighted by Gasteiger charge is -2.32. The number of rotatable bonds is 11. The van der Waals surface area contributed by atoms with Crippen molar-refractivity contribution in [2.75, 3.05) is 52.9 Å². The second kappa shape index (κ2) is 9.76. The van der Waals surface area contributed by atoms with Gasteiger partial charge in [0.25, 0.3) is 0 Å². The third-order valence-electron chi connectivity index (χ3n) is 2.50. The smallest absolute Gasteiger partial charge is 0.107 e. The van der Waals surface area contributed by atoms with Crippen LogP contribution in [0.15, 0.2) is 0 Å². The van der Waals surface area contributed by atoms with E-state index in [9.17, 15) is 0 Å². The molecule has 1 aliphatic heterocycles. The summed E-state index contributed by atoms with van der Waals surface area (Å²) in [5.41, 5.74) is 0. The number of hydrogen-bond acceptors (Lipinski definition) is 6. The van der Waals surface area contributed by atoms with E-state index in [4.69, 9.17) is 29.2 Å². The van der Waals surface area contributed by atoms with Crippen molar-refractivity contribution in [2.24, 2.45) is 0 Å². The Morgan fingerprint density at radius 3 is 2.24 bits per heavy atom. The highest BCUT2D eigenvalue weighted by Crippen LogP contribution is 2.17. The fourth-order valence-electron chi connectivity index (χ4n) is 1.47. The summed E-state index contributed by atoms with van der Waals surface area (Å²) < 4.78 is 21.0. The van der Waals surface area contributed by atoms with Gasteiger partial charge in [-0.05, 0) is 6.42 Å². The summed E-state index contributed by atoms with van der Waals surface area (Å²) in [6.07, 6.45) is 0.743. The minimum atomic E-state index is -0.238. The Morgan fingerprint density at radius 1 is 1.06 bits per heavy atom. The van der Waals surface area contributed by atoms with Gasteiger partial charge in [-0.25, -0.2) is 0 Å². The molecule has 6 heteroatoms. The van der Waals surface area contributed by atoms with Crippen LogP contribution in [0, 0.1) is 0 Å². The fourth-order valence-corrected chi connectivity index (χ4v) is 1.47. The molecule has 0 saturated carbocycles. The van der Waals surface area contributed by atoms with Crippen molar-refractivity contribution in [1.82, 2.24) is 0 Å². The molecule has 102 valence electrons. The molecule has 0 aliphatic carbocycles. The first kappa shape index (κ1) is 14.8. The molecule has 1 saturated heterocycles. The van der Waals surface area contributed by atoms with E-state index >= 15 is 0 Å². The molecule has 6 nitrogen and oxygen atoms in total. The minimum absolute atomic E-state index is 0.0235. The highest BCUT2D eigenvalue weighted by atomic mass is 16.6. The molecule has 1 heterocycles. The van der Waals surface area contributed by atoms with E-state index < -0.39 is 0 Å². The lowest BCUT2D eigenvalue weighted by Crippen LogP contribution is -2.42. The molecule has 0 radical (unpaired) electrons. The average Bonchev–Trinajstić information content (AvgIpc) is 2.28. The molecule has 0 spiro atoms. The molecular weight excluding hydrogens is 228 g/mol.